The molecule has 0 bridgehead atoms. The van der Waals surface area contributed by atoms with Gasteiger partial charge in [0.25, 0.3) is 0 Å². The third-order valence-corrected chi connectivity index (χ3v) is 2.61. The van der Waals surface area contributed by atoms with Crippen molar-refractivity contribution < 1.29 is 19.8 Å². The molecular formula is C14H12N4O4S2. The Balaban J connectivity index is 0.000000772. The summed E-state index contributed by atoms with van der Waals surface area (Å²) in [6, 6.07) is 5.10. The molecule has 2 heterocycles. The average Bonchev–Trinajstić information content (AvgIpc) is 2.57. The number of hydrogen-bond donors (Lipinski definition) is 5. The molecule has 0 spiro atoms. The molecule has 0 saturated carbocycles. The summed E-state index contributed by atoms with van der Waals surface area (Å²) in [5, 5.41) is 38.2. The fraction of sp³-hybridized carbons (Fsp3) is 0.0714. The predicted molar refractivity (Wildman–Crippen MR) is 91.4 cm³/mol. The van der Waals surface area contributed by atoms with Gasteiger partial charge in [-0.2, -0.15) is 10.5 Å². The molecule has 3 N–H and O–H groups in total. The number of nitriles is 2. The number of hydrogen-bond acceptors (Lipinski definition) is 8. The Morgan fingerprint density at radius 3 is 2.12 bits per heavy atom. The molecule has 0 aromatic carbocycles. The molecule has 1 aromatic heterocycles. The van der Waals surface area contributed by atoms with Crippen molar-refractivity contribution in [3.8, 4) is 10.8 Å². The number of carboxylic acids is 2. The summed E-state index contributed by atoms with van der Waals surface area (Å²) in [7, 11) is 0. The van der Waals surface area contributed by atoms with Crippen molar-refractivity contribution in [2.24, 2.45) is 5.41 Å². The lowest BCUT2D eigenvalue weighted by Gasteiger charge is -2.22. The van der Waals surface area contributed by atoms with Gasteiger partial charge in [-0.1, -0.05) is 31.3 Å². The zero-order chi connectivity index (χ0) is 18.6. The smallest absolute Gasteiger partial charge is 0.329 e. The van der Waals surface area contributed by atoms with E-state index < -0.39 is 17.4 Å². The molecule has 8 nitrogen and oxygen atoms in total. The fourth-order valence-corrected chi connectivity index (χ4v) is 1.61. The van der Waals surface area contributed by atoms with Crippen LogP contribution in [0.3, 0.4) is 0 Å². The maximum Gasteiger partial charge on any atom is 0.329 e. The van der Waals surface area contributed by atoms with Crippen LogP contribution in [0.1, 0.15) is 5.69 Å². The van der Waals surface area contributed by atoms with Gasteiger partial charge in [-0.15, -0.1) is 0 Å². The van der Waals surface area contributed by atoms with E-state index in [-0.39, 0.29) is 0 Å². The molecule has 0 aliphatic carbocycles. The van der Waals surface area contributed by atoms with Gasteiger partial charge in [0, 0.05) is 6.20 Å². The van der Waals surface area contributed by atoms with Crippen LogP contribution in [0.5, 0.6) is 0 Å². The van der Waals surface area contributed by atoms with Crippen molar-refractivity contribution in [2.75, 3.05) is 0 Å². The molecule has 0 unspecified atom stereocenters. The molecule has 1 aromatic rings. The number of thiol groups is 2. The van der Waals surface area contributed by atoms with Gasteiger partial charge in [0.15, 0.2) is 0 Å². The molecule has 0 fully saturated rings. The number of pyridine rings is 1. The van der Waals surface area contributed by atoms with E-state index in [1.807, 2.05) is 0 Å². The highest BCUT2D eigenvalue weighted by molar-refractivity contribution is 7.85. The highest BCUT2D eigenvalue weighted by atomic mass is 32.1. The Kier molecular flexibility index (Phi) is 9.40. The number of dihydropyridines is 1. The maximum absolute atomic E-state index is 11.2. The van der Waals surface area contributed by atoms with Crippen molar-refractivity contribution in [3.05, 3.63) is 48.4 Å². The van der Waals surface area contributed by atoms with E-state index >= 15 is 0 Å². The highest BCUT2D eigenvalue weighted by Gasteiger charge is 2.44. The molecule has 1 aliphatic rings. The van der Waals surface area contributed by atoms with Crippen molar-refractivity contribution in [1.29, 1.82) is 10.5 Å². The fourth-order valence-electron chi connectivity index (χ4n) is 1.61. The lowest BCUT2D eigenvalue weighted by atomic mass is 9.85. The van der Waals surface area contributed by atoms with Gasteiger partial charge in [-0.05, 0) is 30.5 Å². The van der Waals surface area contributed by atoms with Gasteiger partial charge in [-0.25, -0.2) is 0 Å². The molecule has 1 aliphatic heterocycles. The summed E-state index contributed by atoms with van der Waals surface area (Å²) < 4.78 is 0. The molecule has 0 atom stereocenters. The Hall–Kier alpha value is -2.95. The van der Waals surface area contributed by atoms with E-state index in [0.717, 1.165) is 12.2 Å². The van der Waals surface area contributed by atoms with Crippen molar-refractivity contribution >= 4 is 42.9 Å². The van der Waals surface area contributed by atoms with Crippen LogP contribution in [0.2, 0.25) is 0 Å². The van der Waals surface area contributed by atoms with Gasteiger partial charge in [-0.3, -0.25) is 14.6 Å². The number of rotatable bonds is 3. The minimum atomic E-state index is -2.06. The lowest BCUT2D eigenvalue weighted by molar-refractivity contribution is -0.157. The van der Waals surface area contributed by atoms with Crippen molar-refractivity contribution in [1.82, 2.24) is 10.3 Å². The van der Waals surface area contributed by atoms with Crippen LogP contribution in [-0.4, -0.2) is 27.1 Å². The van der Waals surface area contributed by atoms with E-state index in [4.69, 9.17) is 20.7 Å². The normalized spacial score (nSPS) is 13.1. The second kappa shape index (κ2) is 10.7. The van der Waals surface area contributed by atoms with Crippen molar-refractivity contribution in [2.45, 2.75) is 0 Å². The van der Waals surface area contributed by atoms with E-state index in [1.165, 1.54) is 17.0 Å². The SMILES string of the molecule is N#CS.N#CS.O=C(O)C1(C(=O)O)C=CNC(c2ccccn2)=C1. The Morgan fingerprint density at radius 1 is 1.17 bits per heavy atom. The number of thiocyanates is 2. The first-order valence-electron chi connectivity index (χ1n) is 6.01. The topological polar surface area (TPSA) is 147 Å². The van der Waals surface area contributed by atoms with E-state index in [0.29, 0.717) is 11.4 Å². The number of carboxylic acid groups (broad SMARTS) is 2. The molecule has 0 saturated heterocycles. The molecule has 10 heteroatoms. The standard InChI is InChI=1S/C12H10N2O4.2CHNS/c15-10(16)12(11(17)18)4-6-14-9(7-12)8-3-1-2-5-13-8;2*2-1-3/h1-7,14H,(H,15,16)(H,17,18);2*3H. The number of nitrogens with one attached hydrogen (secondary N) is 1. The molecular weight excluding hydrogens is 352 g/mol. The first-order chi connectivity index (χ1) is 11.4. The number of aliphatic carboxylic acids is 2. The minimum Gasteiger partial charge on any atom is -0.480 e. The average molecular weight is 364 g/mol. The molecule has 2 rings (SSSR count). The first kappa shape index (κ1) is 21.0. The monoisotopic (exact) mass is 364 g/mol. The van der Waals surface area contributed by atoms with E-state index in [2.05, 4.69) is 35.6 Å². The highest BCUT2D eigenvalue weighted by Crippen LogP contribution is 2.29. The van der Waals surface area contributed by atoms with Crippen LogP contribution >= 0.6 is 25.3 Å². The van der Waals surface area contributed by atoms with Gasteiger partial charge in [0.2, 0.25) is 5.41 Å². The van der Waals surface area contributed by atoms with Crippen LogP contribution in [0.4, 0.5) is 0 Å². The zero-order valence-corrected chi connectivity index (χ0v) is 13.8. The van der Waals surface area contributed by atoms with Gasteiger partial charge < -0.3 is 15.5 Å². The second-order valence-corrected chi connectivity index (χ2v) is 4.33. The van der Waals surface area contributed by atoms with Crippen LogP contribution < -0.4 is 5.32 Å². The van der Waals surface area contributed by atoms with Crippen LogP contribution in [0.15, 0.2) is 42.7 Å². The maximum atomic E-state index is 11.2. The van der Waals surface area contributed by atoms with Gasteiger partial charge in [0.05, 0.1) is 11.4 Å². The molecule has 0 radical (unpaired) electrons. The zero-order valence-electron chi connectivity index (χ0n) is 12.0. The quantitative estimate of drug-likeness (QED) is 0.308. The number of aromatic nitrogens is 1. The van der Waals surface area contributed by atoms with Crippen LogP contribution in [0, 0.1) is 26.7 Å². The van der Waals surface area contributed by atoms with Crippen molar-refractivity contribution in [3.63, 3.8) is 0 Å². The number of carbonyl (C=O) groups is 2. The first-order valence-corrected chi connectivity index (χ1v) is 6.90. The molecule has 124 valence electrons. The van der Waals surface area contributed by atoms with Crippen LogP contribution in [0.25, 0.3) is 5.70 Å². The number of nitrogens with zero attached hydrogens (tertiary/aromatic N) is 3. The summed E-state index contributed by atoms with van der Waals surface area (Å²) in [5.74, 6) is -2.89. The Morgan fingerprint density at radius 2 is 1.71 bits per heavy atom. The second-order valence-electron chi connectivity index (χ2n) is 3.93. The summed E-state index contributed by atoms with van der Waals surface area (Å²) >= 11 is 6.19. The molecule has 24 heavy (non-hydrogen) atoms. The van der Waals surface area contributed by atoms with Crippen LogP contribution in [-0.2, 0) is 9.59 Å². The third-order valence-electron chi connectivity index (χ3n) is 2.61. The Labute approximate surface area is 148 Å². The largest absolute Gasteiger partial charge is 0.480 e. The summed E-state index contributed by atoms with van der Waals surface area (Å²) in [6.07, 6.45) is 5.07. The molecule has 0 amide bonds. The predicted octanol–water partition coefficient (Wildman–Crippen LogP) is 1.49. The van der Waals surface area contributed by atoms with Gasteiger partial charge in [0.1, 0.15) is 10.8 Å². The Bertz CT molecular complexity index is 695. The van der Waals surface area contributed by atoms with E-state index in [1.54, 1.807) is 24.4 Å². The lowest BCUT2D eigenvalue weighted by Crippen LogP contribution is -2.38. The van der Waals surface area contributed by atoms with Gasteiger partial charge >= 0.3 is 11.9 Å². The summed E-state index contributed by atoms with van der Waals surface area (Å²) in [5.41, 5.74) is -1.23. The summed E-state index contributed by atoms with van der Waals surface area (Å²) in [6.45, 7) is 0. The summed E-state index contributed by atoms with van der Waals surface area (Å²) in [4.78, 5) is 26.4. The van der Waals surface area contributed by atoms with E-state index in [9.17, 15) is 9.59 Å². The third kappa shape index (κ3) is 5.68. The minimum absolute atomic E-state index is 0.350.